The molecule has 1 aliphatic rings. The molecule has 18 heavy (non-hydrogen) atoms. The minimum Gasteiger partial charge on any atom is -0.507 e. The molecule has 0 unspecified atom stereocenters. The molecule has 0 amide bonds. The lowest BCUT2D eigenvalue weighted by Crippen LogP contribution is -2.18. The Hall–Kier alpha value is -0.980. The monoisotopic (exact) mass is 246 g/mol. The van der Waals surface area contributed by atoms with E-state index in [1.807, 2.05) is 6.92 Å². The molecule has 1 atom stereocenters. The lowest BCUT2D eigenvalue weighted by molar-refractivity contribution is 0.367. The van der Waals surface area contributed by atoms with E-state index in [1.165, 1.54) is 36.0 Å². The molecule has 0 bridgehead atoms. The minimum absolute atomic E-state index is 0.522. The number of hydrogen-bond donors (Lipinski definition) is 1. The van der Waals surface area contributed by atoms with Crippen molar-refractivity contribution in [1.29, 1.82) is 0 Å². The van der Waals surface area contributed by atoms with E-state index in [4.69, 9.17) is 0 Å². The van der Waals surface area contributed by atoms with Gasteiger partial charge in [-0.15, -0.1) is 0 Å². The summed E-state index contributed by atoms with van der Waals surface area (Å²) in [6.07, 6.45) is 4.97. The highest BCUT2D eigenvalue weighted by molar-refractivity contribution is 5.54. The molecule has 1 aromatic rings. The van der Waals surface area contributed by atoms with Crippen LogP contribution in [0.4, 0.5) is 0 Å². The van der Waals surface area contributed by atoms with Crippen molar-refractivity contribution in [2.24, 2.45) is 11.8 Å². The number of phenols is 1. The maximum absolute atomic E-state index is 10.2. The molecule has 0 heterocycles. The van der Waals surface area contributed by atoms with E-state index >= 15 is 0 Å². The molecule has 0 spiro atoms. The standard InChI is InChI=1S/C17H26O/c1-10(2)8-14-6-7-15-13(5)17(18)12(4)11(3)16(15)9-14/h10,14,18H,6-9H2,1-5H3/t14-/m0/s1. The highest BCUT2D eigenvalue weighted by atomic mass is 16.3. The summed E-state index contributed by atoms with van der Waals surface area (Å²) in [5.41, 5.74) is 6.48. The zero-order chi connectivity index (χ0) is 13.4. The van der Waals surface area contributed by atoms with Crippen molar-refractivity contribution >= 4 is 0 Å². The number of hydrogen-bond acceptors (Lipinski definition) is 1. The minimum atomic E-state index is 0.522. The van der Waals surface area contributed by atoms with Gasteiger partial charge in [0, 0.05) is 0 Å². The summed E-state index contributed by atoms with van der Waals surface area (Å²) in [5, 5.41) is 10.2. The molecule has 1 aliphatic carbocycles. The van der Waals surface area contributed by atoms with Crippen LogP contribution in [0.15, 0.2) is 0 Å². The van der Waals surface area contributed by atoms with Gasteiger partial charge < -0.3 is 5.11 Å². The maximum atomic E-state index is 10.2. The Labute approximate surface area is 111 Å². The summed E-state index contributed by atoms with van der Waals surface area (Å²) < 4.78 is 0. The average molecular weight is 246 g/mol. The van der Waals surface area contributed by atoms with Crippen LogP contribution in [0.5, 0.6) is 5.75 Å². The fourth-order valence-corrected chi connectivity index (χ4v) is 3.50. The zero-order valence-electron chi connectivity index (χ0n) is 12.4. The number of rotatable bonds is 2. The van der Waals surface area contributed by atoms with Crippen LogP contribution in [-0.4, -0.2) is 5.11 Å². The van der Waals surface area contributed by atoms with Crippen LogP contribution in [0.1, 0.15) is 54.5 Å². The molecule has 0 saturated carbocycles. The molecule has 0 fully saturated rings. The summed E-state index contributed by atoms with van der Waals surface area (Å²) in [5.74, 6) is 2.14. The molecule has 1 nitrogen and oxygen atoms in total. The lowest BCUT2D eigenvalue weighted by atomic mass is 9.76. The van der Waals surface area contributed by atoms with Crippen molar-refractivity contribution in [2.75, 3.05) is 0 Å². The highest BCUT2D eigenvalue weighted by Crippen LogP contribution is 2.38. The largest absolute Gasteiger partial charge is 0.507 e. The van der Waals surface area contributed by atoms with Crippen LogP contribution in [-0.2, 0) is 12.8 Å². The summed E-state index contributed by atoms with van der Waals surface area (Å²) in [6, 6.07) is 0. The number of fused-ring (bicyclic) bond motifs is 1. The summed E-state index contributed by atoms with van der Waals surface area (Å²) >= 11 is 0. The third kappa shape index (κ3) is 2.28. The summed E-state index contributed by atoms with van der Waals surface area (Å²) in [6.45, 7) is 10.9. The van der Waals surface area contributed by atoms with Gasteiger partial charge in [-0.3, -0.25) is 0 Å². The van der Waals surface area contributed by atoms with Gasteiger partial charge in [-0.2, -0.15) is 0 Å². The van der Waals surface area contributed by atoms with E-state index < -0.39 is 0 Å². The highest BCUT2D eigenvalue weighted by Gasteiger charge is 2.24. The third-order valence-electron chi connectivity index (χ3n) is 4.64. The van der Waals surface area contributed by atoms with Gasteiger partial charge in [0.2, 0.25) is 0 Å². The zero-order valence-corrected chi connectivity index (χ0v) is 12.4. The Kier molecular flexibility index (Phi) is 3.70. The average Bonchev–Trinajstić information content (AvgIpc) is 2.33. The van der Waals surface area contributed by atoms with Gasteiger partial charge in [0.25, 0.3) is 0 Å². The normalized spacial score (nSPS) is 19.1. The van der Waals surface area contributed by atoms with Crippen molar-refractivity contribution < 1.29 is 5.11 Å². The lowest BCUT2D eigenvalue weighted by Gasteiger charge is -2.30. The van der Waals surface area contributed by atoms with E-state index in [1.54, 1.807) is 0 Å². The van der Waals surface area contributed by atoms with Crippen LogP contribution < -0.4 is 0 Å². The molecule has 100 valence electrons. The van der Waals surface area contributed by atoms with Crippen LogP contribution in [0.2, 0.25) is 0 Å². The van der Waals surface area contributed by atoms with Gasteiger partial charge in [0.15, 0.2) is 0 Å². The molecule has 1 aromatic carbocycles. The van der Waals surface area contributed by atoms with E-state index in [9.17, 15) is 5.11 Å². The molecule has 1 heteroatoms. The predicted octanol–water partition coefficient (Wildman–Crippen LogP) is 4.47. The van der Waals surface area contributed by atoms with Gasteiger partial charge in [-0.25, -0.2) is 0 Å². The Bertz CT molecular complexity index is 457. The maximum Gasteiger partial charge on any atom is 0.121 e. The molecular weight excluding hydrogens is 220 g/mol. The number of phenolic OH excluding ortho intramolecular Hbond substituents is 1. The van der Waals surface area contributed by atoms with E-state index in [0.717, 1.165) is 29.4 Å². The first-order valence-corrected chi connectivity index (χ1v) is 7.22. The molecule has 0 radical (unpaired) electrons. The first-order chi connectivity index (χ1) is 8.41. The number of aromatic hydroxyl groups is 1. The van der Waals surface area contributed by atoms with Crippen LogP contribution in [0, 0.1) is 32.6 Å². The summed E-state index contributed by atoms with van der Waals surface area (Å²) in [4.78, 5) is 0. The van der Waals surface area contributed by atoms with Crippen LogP contribution >= 0.6 is 0 Å². The second-order valence-electron chi connectivity index (χ2n) is 6.42. The molecule has 0 saturated heterocycles. The topological polar surface area (TPSA) is 20.2 Å². The Morgan fingerprint density at radius 2 is 1.72 bits per heavy atom. The fourth-order valence-electron chi connectivity index (χ4n) is 3.50. The second kappa shape index (κ2) is 4.95. The second-order valence-corrected chi connectivity index (χ2v) is 6.42. The predicted molar refractivity (Wildman–Crippen MR) is 77.3 cm³/mol. The van der Waals surface area contributed by atoms with Crippen molar-refractivity contribution in [3.8, 4) is 5.75 Å². The molecule has 0 aliphatic heterocycles. The Morgan fingerprint density at radius 1 is 1.06 bits per heavy atom. The van der Waals surface area contributed by atoms with Crippen molar-refractivity contribution in [3.63, 3.8) is 0 Å². The van der Waals surface area contributed by atoms with E-state index in [-0.39, 0.29) is 0 Å². The van der Waals surface area contributed by atoms with Crippen LogP contribution in [0.25, 0.3) is 0 Å². The van der Waals surface area contributed by atoms with Gasteiger partial charge in [0.05, 0.1) is 0 Å². The van der Waals surface area contributed by atoms with Crippen molar-refractivity contribution in [1.82, 2.24) is 0 Å². The fraction of sp³-hybridized carbons (Fsp3) is 0.647. The van der Waals surface area contributed by atoms with Gasteiger partial charge in [-0.1, -0.05) is 13.8 Å². The van der Waals surface area contributed by atoms with Gasteiger partial charge in [0.1, 0.15) is 5.75 Å². The Morgan fingerprint density at radius 3 is 2.33 bits per heavy atom. The van der Waals surface area contributed by atoms with Gasteiger partial charge >= 0.3 is 0 Å². The van der Waals surface area contributed by atoms with Crippen molar-refractivity contribution in [2.45, 2.75) is 60.3 Å². The van der Waals surface area contributed by atoms with E-state index in [0.29, 0.717) is 5.75 Å². The smallest absolute Gasteiger partial charge is 0.121 e. The molecular formula is C17H26O. The third-order valence-corrected chi connectivity index (χ3v) is 4.64. The first-order valence-electron chi connectivity index (χ1n) is 7.22. The Balaban J connectivity index is 2.38. The molecule has 2 rings (SSSR count). The SMILES string of the molecule is Cc1c(C)c2c(c(C)c1O)CC[C@@H](CC(C)C)C2. The van der Waals surface area contributed by atoms with Crippen LogP contribution in [0.3, 0.4) is 0 Å². The van der Waals surface area contributed by atoms with E-state index in [2.05, 4.69) is 27.7 Å². The first kappa shape index (κ1) is 13.5. The summed E-state index contributed by atoms with van der Waals surface area (Å²) in [7, 11) is 0. The van der Waals surface area contributed by atoms with Gasteiger partial charge in [-0.05, 0) is 86.1 Å². The quantitative estimate of drug-likeness (QED) is 0.816. The molecule has 1 N–H and O–H groups in total. The van der Waals surface area contributed by atoms with Crippen molar-refractivity contribution in [3.05, 3.63) is 27.8 Å². The number of benzene rings is 1. The molecule has 0 aromatic heterocycles.